The molecule has 2 heterocycles. The molecule has 3 rings (SSSR count). The van der Waals surface area contributed by atoms with Crippen LogP contribution in [-0.2, 0) is 0 Å². The van der Waals surface area contributed by atoms with E-state index in [-0.39, 0.29) is 0 Å². The summed E-state index contributed by atoms with van der Waals surface area (Å²) in [5.41, 5.74) is 0.792. The Hall–Kier alpha value is -2.01. The van der Waals surface area contributed by atoms with Crippen LogP contribution in [0.4, 0.5) is 17.3 Å². The lowest BCUT2D eigenvalue weighted by Gasteiger charge is -2.18. The fourth-order valence-electron chi connectivity index (χ4n) is 2.64. The minimum Gasteiger partial charge on any atom is -0.495 e. The van der Waals surface area contributed by atoms with E-state index in [1.807, 2.05) is 25.1 Å². The smallest absolute Gasteiger partial charge is 0.142 e. The largest absolute Gasteiger partial charge is 0.495 e. The zero-order valence-corrected chi connectivity index (χ0v) is 13.5. The first-order valence-electron chi connectivity index (χ1n) is 7.37. The van der Waals surface area contributed by atoms with Crippen LogP contribution in [0.25, 0.3) is 0 Å². The average Bonchev–Trinajstić information content (AvgIpc) is 3.01. The highest BCUT2D eigenvalue weighted by Gasteiger charge is 2.15. The van der Waals surface area contributed by atoms with Crippen LogP contribution < -0.4 is 15.0 Å². The Bertz CT molecular complexity index is 671. The molecule has 1 aromatic heterocycles. The van der Waals surface area contributed by atoms with Crippen molar-refractivity contribution in [2.75, 3.05) is 30.4 Å². The van der Waals surface area contributed by atoms with Crippen molar-refractivity contribution in [3.8, 4) is 5.75 Å². The van der Waals surface area contributed by atoms with Gasteiger partial charge in [0.05, 0.1) is 12.8 Å². The van der Waals surface area contributed by atoms with Crippen molar-refractivity contribution in [2.45, 2.75) is 19.8 Å². The molecule has 1 fully saturated rings. The number of nitrogens with zero attached hydrogens (tertiary/aromatic N) is 3. The van der Waals surface area contributed by atoms with Gasteiger partial charge in [-0.3, -0.25) is 0 Å². The Balaban J connectivity index is 1.90. The van der Waals surface area contributed by atoms with Crippen molar-refractivity contribution in [3.05, 3.63) is 35.1 Å². The summed E-state index contributed by atoms with van der Waals surface area (Å²) in [7, 11) is 1.63. The van der Waals surface area contributed by atoms with Crippen LogP contribution in [0.3, 0.4) is 0 Å². The minimum absolute atomic E-state index is 0.647. The Morgan fingerprint density at radius 1 is 1.18 bits per heavy atom. The summed E-state index contributed by atoms with van der Waals surface area (Å²) in [5.74, 6) is 3.18. The van der Waals surface area contributed by atoms with E-state index in [0.717, 1.165) is 42.0 Å². The van der Waals surface area contributed by atoms with Gasteiger partial charge in [-0.15, -0.1) is 0 Å². The van der Waals surface area contributed by atoms with Gasteiger partial charge in [0.2, 0.25) is 0 Å². The summed E-state index contributed by atoms with van der Waals surface area (Å²) in [6.07, 6.45) is 2.43. The second-order valence-electron chi connectivity index (χ2n) is 5.32. The molecule has 0 amide bonds. The van der Waals surface area contributed by atoms with Crippen LogP contribution in [0.1, 0.15) is 18.7 Å². The number of hydrogen-bond acceptors (Lipinski definition) is 5. The second-order valence-corrected chi connectivity index (χ2v) is 5.76. The van der Waals surface area contributed by atoms with Gasteiger partial charge in [0.1, 0.15) is 23.2 Å². The number of benzene rings is 1. The first-order valence-corrected chi connectivity index (χ1v) is 7.75. The van der Waals surface area contributed by atoms with Crippen molar-refractivity contribution in [2.24, 2.45) is 0 Å². The van der Waals surface area contributed by atoms with E-state index in [1.165, 1.54) is 12.8 Å². The molecule has 0 aliphatic carbocycles. The highest BCUT2D eigenvalue weighted by atomic mass is 35.5. The van der Waals surface area contributed by atoms with Crippen molar-refractivity contribution in [1.29, 1.82) is 0 Å². The zero-order valence-electron chi connectivity index (χ0n) is 12.8. The molecule has 1 aliphatic heterocycles. The number of nitrogens with one attached hydrogen (secondary N) is 1. The lowest BCUT2D eigenvalue weighted by Crippen LogP contribution is -2.19. The van der Waals surface area contributed by atoms with Crippen LogP contribution in [0.2, 0.25) is 5.02 Å². The fraction of sp³-hybridized carbons (Fsp3) is 0.375. The van der Waals surface area contributed by atoms with E-state index < -0.39 is 0 Å². The highest BCUT2D eigenvalue weighted by Crippen LogP contribution is 2.31. The third-order valence-corrected chi connectivity index (χ3v) is 3.91. The average molecular weight is 319 g/mol. The highest BCUT2D eigenvalue weighted by molar-refractivity contribution is 6.31. The molecule has 6 heteroatoms. The van der Waals surface area contributed by atoms with Gasteiger partial charge in [-0.25, -0.2) is 9.97 Å². The van der Waals surface area contributed by atoms with E-state index in [9.17, 15) is 0 Å². The molecular formula is C16H19ClN4O. The SMILES string of the molecule is COc1ccc(Cl)cc1Nc1cc(N2CCCC2)nc(C)n1. The maximum atomic E-state index is 6.07. The summed E-state index contributed by atoms with van der Waals surface area (Å²) in [4.78, 5) is 11.3. The number of ether oxygens (including phenoxy) is 1. The van der Waals surface area contributed by atoms with Gasteiger partial charge in [-0.2, -0.15) is 0 Å². The predicted molar refractivity (Wildman–Crippen MR) is 89.5 cm³/mol. The van der Waals surface area contributed by atoms with Crippen LogP contribution >= 0.6 is 11.6 Å². The molecule has 0 bridgehead atoms. The summed E-state index contributed by atoms with van der Waals surface area (Å²) >= 11 is 6.07. The molecular weight excluding hydrogens is 300 g/mol. The van der Waals surface area contributed by atoms with Gasteiger partial charge in [0, 0.05) is 24.2 Å². The molecule has 0 spiro atoms. The topological polar surface area (TPSA) is 50.3 Å². The molecule has 1 aromatic carbocycles. The van der Waals surface area contributed by atoms with E-state index in [4.69, 9.17) is 16.3 Å². The van der Waals surface area contributed by atoms with Crippen LogP contribution in [0, 0.1) is 6.92 Å². The number of aryl methyl sites for hydroxylation is 1. The molecule has 5 nitrogen and oxygen atoms in total. The van der Waals surface area contributed by atoms with Gasteiger partial charge in [0.25, 0.3) is 0 Å². The molecule has 22 heavy (non-hydrogen) atoms. The van der Waals surface area contributed by atoms with Gasteiger partial charge in [-0.05, 0) is 38.0 Å². The van der Waals surface area contributed by atoms with Crippen LogP contribution in [-0.4, -0.2) is 30.2 Å². The molecule has 0 radical (unpaired) electrons. The molecule has 116 valence electrons. The standard InChI is InChI=1S/C16H19ClN4O/c1-11-18-15(10-16(19-11)21-7-3-4-8-21)20-13-9-12(17)5-6-14(13)22-2/h5-6,9-10H,3-4,7-8H2,1-2H3,(H,18,19,20). The fourth-order valence-corrected chi connectivity index (χ4v) is 2.81. The molecule has 0 unspecified atom stereocenters. The lowest BCUT2D eigenvalue weighted by atomic mass is 10.3. The van der Waals surface area contributed by atoms with Crippen molar-refractivity contribution < 1.29 is 4.74 Å². The Morgan fingerprint density at radius 2 is 1.95 bits per heavy atom. The summed E-state index contributed by atoms with van der Waals surface area (Å²) in [5, 5.41) is 3.93. The first-order chi connectivity index (χ1) is 10.7. The Kier molecular flexibility index (Phi) is 4.34. The molecule has 1 aliphatic rings. The van der Waals surface area contributed by atoms with Gasteiger partial charge < -0.3 is 15.0 Å². The molecule has 2 aromatic rings. The van der Waals surface area contributed by atoms with Gasteiger partial charge in [0.15, 0.2) is 0 Å². The number of anilines is 3. The number of rotatable bonds is 4. The lowest BCUT2D eigenvalue weighted by molar-refractivity contribution is 0.417. The predicted octanol–water partition coefficient (Wildman–Crippen LogP) is 3.79. The Labute approximate surface area is 135 Å². The van der Waals surface area contributed by atoms with E-state index >= 15 is 0 Å². The number of aromatic nitrogens is 2. The summed E-state index contributed by atoms with van der Waals surface area (Å²) < 4.78 is 5.36. The molecule has 0 saturated carbocycles. The maximum absolute atomic E-state index is 6.07. The maximum Gasteiger partial charge on any atom is 0.142 e. The number of methoxy groups -OCH3 is 1. The zero-order chi connectivity index (χ0) is 15.5. The van der Waals surface area contributed by atoms with Crippen molar-refractivity contribution >= 4 is 28.9 Å². The summed E-state index contributed by atoms with van der Waals surface area (Å²) in [6.45, 7) is 4.01. The third-order valence-electron chi connectivity index (χ3n) is 3.68. The number of halogens is 1. The van der Waals surface area contributed by atoms with Crippen LogP contribution in [0.15, 0.2) is 24.3 Å². The minimum atomic E-state index is 0.647. The first kappa shape index (κ1) is 14.9. The van der Waals surface area contributed by atoms with Crippen LogP contribution in [0.5, 0.6) is 5.75 Å². The third kappa shape index (κ3) is 3.25. The van der Waals surface area contributed by atoms with Gasteiger partial charge in [-0.1, -0.05) is 11.6 Å². The van der Waals surface area contributed by atoms with E-state index in [2.05, 4.69) is 20.2 Å². The quantitative estimate of drug-likeness (QED) is 0.929. The van der Waals surface area contributed by atoms with E-state index in [0.29, 0.717) is 5.02 Å². The normalized spacial score (nSPS) is 14.2. The second kappa shape index (κ2) is 6.40. The van der Waals surface area contributed by atoms with Crippen molar-refractivity contribution in [1.82, 2.24) is 9.97 Å². The Morgan fingerprint density at radius 3 is 2.68 bits per heavy atom. The number of hydrogen-bond donors (Lipinski definition) is 1. The summed E-state index contributed by atoms with van der Waals surface area (Å²) in [6, 6.07) is 7.43. The molecule has 1 N–H and O–H groups in total. The van der Waals surface area contributed by atoms with Gasteiger partial charge >= 0.3 is 0 Å². The molecule has 1 saturated heterocycles. The van der Waals surface area contributed by atoms with Crippen molar-refractivity contribution in [3.63, 3.8) is 0 Å². The molecule has 0 atom stereocenters. The van der Waals surface area contributed by atoms with E-state index in [1.54, 1.807) is 13.2 Å². The monoisotopic (exact) mass is 318 g/mol.